The number of nitrogens with zero attached hydrogens (tertiary/aromatic N) is 3. The molecule has 2 heterocycles. The van der Waals surface area contributed by atoms with Crippen LogP contribution in [-0.2, 0) is 0 Å². The molecule has 78 valence electrons. The summed E-state index contributed by atoms with van der Waals surface area (Å²) in [5.41, 5.74) is 2.90. The number of hydrogen-bond donors (Lipinski definition) is 0. The second-order valence-electron chi connectivity index (χ2n) is 4.37. The molecule has 0 aliphatic carbocycles. The van der Waals surface area contributed by atoms with Gasteiger partial charge >= 0.3 is 0 Å². The van der Waals surface area contributed by atoms with E-state index in [1.165, 1.54) is 17.1 Å². The van der Waals surface area contributed by atoms with Crippen molar-refractivity contribution in [2.45, 2.75) is 26.8 Å². The Kier molecular flexibility index (Phi) is 2.35. The van der Waals surface area contributed by atoms with Crippen LogP contribution in [0.3, 0.4) is 0 Å². The van der Waals surface area contributed by atoms with Crippen LogP contribution in [0.15, 0.2) is 16.3 Å². The molecule has 0 unspecified atom stereocenters. The third-order valence-corrected chi connectivity index (χ3v) is 3.30. The molecular weight excluding hydrogens is 174 g/mol. The Labute approximate surface area is 86.1 Å². The van der Waals surface area contributed by atoms with Crippen molar-refractivity contribution in [2.75, 3.05) is 26.7 Å². The summed E-state index contributed by atoms with van der Waals surface area (Å²) in [6.07, 6.45) is 0. The van der Waals surface area contributed by atoms with E-state index in [0.717, 1.165) is 19.6 Å². The first-order valence-electron chi connectivity index (χ1n) is 5.29. The molecule has 0 N–H and O–H groups in total. The van der Waals surface area contributed by atoms with E-state index in [4.69, 9.17) is 0 Å². The van der Waals surface area contributed by atoms with Crippen molar-refractivity contribution >= 4 is 5.84 Å². The highest BCUT2D eigenvalue weighted by Gasteiger charge is 2.27. The minimum absolute atomic E-state index is 0.368. The standard InChI is InChI=1S/C11H19N3/c1-8-9(2)12-10(3)14-6-5-13(4)7-11(8)14/h9H,5-7H2,1-4H3/t9-/m1/s1. The summed E-state index contributed by atoms with van der Waals surface area (Å²) in [4.78, 5) is 9.39. The second-order valence-corrected chi connectivity index (χ2v) is 4.37. The maximum absolute atomic E-state index is 4.64. The monoisotopic (exact) mass is 193 g/mol. The zero-order chi connectivity index (χ0) is 10.3. The minimum Gasteiger partial charge on any atom is -0.332 e. The average molecular weight is 193 g/mol. The molecule has 3 heteroatoms. The zero-order valence-corrected chi connectivity index (χ0v) is 9.54. The molecule has 1 atom stereocenters. The normalized spacial score (nSPS) is 29.0. The predicted molar refractivity (Wildman–Crippen MR) is 59.5 cm³/mol. The van der Waals surface area contributed by atoms with Crippen LogP contribution in [-0.4, -0.2) is 48.4 Å². The molecule has 0 radical (unpaired) electrons. The van der Waals surface area contributed by atoms with Crippen LogP contribution in [0.1, 0.15) is 20.8 Å². The van der Waals surface area contributed by atoms with Gasteiger partial charge in [-0.05, 0) is 33.4 Å². The van der Waals surface area contributed by atoms with Crippen molar-refractivity contribution in [1.29, 1.82) is 0 Å². The molecule has 1 fully saturated rings. The fraction of sp³-hybridized carbons (Fsp3) is 0.727. The van der Waals surface area contributed by atoms with E-state index in [1.54, 1.807) is 0 Å². The number of piperazine rings is 1. The molecule has 2 rings (SSSR count). The van der Waals surface area contributed by atoms with Gasteiger partial charge in [-0.1, -0.05) is 0 Å². The van der Waals surface area contributed by atoms with Gasteiger partial charge in [-0.25, -0.2) is 0 Å². The van der Waals surface area contributed by atoms with Crippen molar-refractivity contribution in [3.8, 4) is 0 Å². The second kappa shape index (κ2) is 3.39. The van der Waals surface area contributed by atoms with Gasteiger partial charge in [-0.3, -0.25) is 9.89 Å². The first kappa shape index (κ1) is 9.71. The third kappa shape index (κ3) is 1.46. The number of fused-ring (bicyclic) bond motifs is 1. The van der Waals surface area contributed by atoms with Crippen LogP contribution in [0.4, 0.5) is 0 Å². The summed E-state index contributed by atoms with van der Waals surface area (Å²) < 4.78 is 0. The van der Waals surface area contributed by atoms with E-state index in [2.05, 4.69) is 42.6 Å². The summed E-state index contributed by atoms with van der Waals surface area (Å²) in [6.45, 7) is 9.81. The quantitative estimate of drug-likeness (QED) is 0.578. The van der Waals surface area contributed by atoms with Crippen LogP contribution in [0, 0.1) is 0 Å². The lowest BCUT2D eigenvalue weighted by Crippen LogP contribution is -2.47. The van der Waals surface area contributed by atoms with E-state index < -0.39 is 0 Å². The molecule has 3 nitrogen and oxygen atoms in total. The molecule has 0 aromatic rings. The Hall–Kier alpha value is -0.830. The van der Waals surface area contributed by atoms with E-state index in [9.17, 15) is 0 Å². The van der Waals surface area contributed by atoms with Crippen molar-refractivity contribution < 1.29 is 0 Å². The Morgan fingerprint density at radius 1 is 1.29 bits per heavy atom. The molecule has 0 aromatic carbocycles. The van der Waals surface area contributed by atoms with Gasteiger partial charge in [0, 0.05) is 25.3 Å². The van der Waals surface area contributed by atoms with Gasteiger partial charge in [0.05, 0.1) is 6.04 Å². The van der Waals surface area contributed by atoms with E-state index >= 15 is 0 Å². The molecule has 14 heavy (non-hydrogen) atoms. The summed E-state index contributed by atoms with van der Waals surface area (Å²) >= 11 is 0. The maximum Gasteiger partial charge on any atom is 0.101 e. The number of likely N-dealkylation sites (N-methyl/N-ethyl adjacent to an activating group) is 1. The first-order valence-corrected chi connectivity index (χ1v) is 5.29. The lowest BCUT2D eigenvalue weighted by atomic mass is 10.0. The Bertz CT molecular complexity index is 304. The Balaban J connectivity index is 2.32. The topological polar surface area (TPSA) is 18.8 Å². The Morgan fingerprint density at radius 2 is 2.00 bits per heavy atom. The number of amidine groups is 1. The summed E-state index contributed by atoms with van der Waals surface area (Å²) in [5.74, 6) is 1.19. The first-order chi connectivity index (χ1) is 6.59. The van der Waals surface area contributed by atoms with E-state index in [1.807, 2.05) is 0 Å². The van der Waals surface area contributed by atoms with Crippen molar-refractivity contribution in [1.82, 2.24) is 9.80 Å². The maximum atomic E-state index is 4.64. The van der Waals surface area contributed by atoms with Gasteiger partial charge in [0.25, 0.3) is 0 Å². The lowest BCUT2D eigenvalue weighted by Gasteiger charge is -2.40. The highest BCUT2D eigenvalue weighted by molar-refractivity contribution is 5.83. The fourth-order valence-electron chi connectivity index (χ4n) is 2.21. The molecule has 0 bridgehead atoms. The number of rotatable bonds is 0. The van der Waals surface area contributed by atoms with Crippen molar-refractivity contribution in [3.63, 3.8) is 0 Å². The molecule has 0 aromatic heterocycles. The molecule has 0 amide bonds. The van der Waals surface area contributed by atoms with Crippen molar-refractivity contribution in [2.24, 2.45) is 4.99 Å². The van der Waals surface area contributed by atoms with Crippen LogP contribution >= 0.6 is 0 Å². The minimum atomic E-state index is 0.368. The molecular formula is C11H19N3. The van der Waals surface area contributed by atoms with Gasteiger partial charge < -0.3 is 4.90 Å². The van der Waals surface area contributed by atoms with E-state index in [-0.39, 0.29) is 0 Å². The highest BCUT2D eigenvalue weighted by Crippen LogP contribution is 2.24. The summed E-state index contributed by atoms with van der Waals surface area (Å²) in [7, 11) is 2.18. The molecule has 0 saturated carbocycles. The summed E-state index contributed by atoms with van der Waals surface area (Å²) in [6, 6.07) is 0.368. The molecule has 1 saturated heterocycles. The zero-order valence-electron chi connectivity index (χ0n) is 9.54. The van der Waals surface area contributed by atoms with Crippen LogP contribution in [0.25, 0.3) is 0 Å². The predicted octanol–water partition coefficient (Wildman–Crippen LogP) is 1.33. The number of hydrogen-bond acceptors (Lipinski definition) is 3. The van der Waals surface area contributed by atoms with Gasteiger partial charge in [0.2, 0.25) is 0 Å². The number of aliphatic imine (C=N–C) groups is 1. The fourth-order valence-corrected chi connectivity index (χ4v) is 2.21. The third-order valence-electron chi connectivity index (χ3n) is 3.30. The van der Waals surface area contributed by atoms with Crippen LogP contribution < -0.4 is 0 Å². The largest absolute Gasteiger partial charge is 0.332 e. The molecule has 2 aliphatic heterocycles. The summed E-state index contributed by atoms with van der Waals surface area (Å²) in [5, 5.41) is 0. The average Bonchev–Trinajstić information content (AvgIpc) is 2.14. The van der Waals surface area contributed by atoms with E-state index in [0.29, 0.717) is 6.04 Å². The van der Waals surface area contributed by atoms with Gasteiger partial charge in [0.1, 0.15) is 5.84 Å². The molecule has 0 spiro atoms. The van der Waals surface area contributed by atoms with Gasteiger partial charge in [-0.2, -0.15) is 0 Å². The molecule has 2 aliphatic rings. The lowest BCUT2D eigenvalue weighted by molar-refractivity contribution is 0.252. The van der Waals surface area contributed by atoms with Crippen LogP contribution in [0.2, 0.25) is 0 Å². The SMILES string of the molecule is CC1=N[C@H](C)C(C)=C2CN(C)CCN12. The Morgan fingerprint density at radius 3 is 2.71 bits per heavy atom. The smallest absolute Gasteiger partial charge is 0.101 e. The van der Waals surface area contributed by atoms with Crippen LogP contribution in [0.5, 0.6) is 0 Å². The van der Waals surface area contributed by atoms with Gasteiger partial charge in [0.15, 0.2) is 0 Å². The highest BCUT2D eigenvalue weighted by atomic mass is 15.3. The van der Waals surface area contributed by atoms with Gasteiger partial charge in [-0.15, -0.1) is 0 Å². The van der Waals surface area contributed by atoms with Crippen molar-refractivity contribution in [3.05, 3.63) is 11.3 Å².